The van der Waals surface area contributed by atoms with E-state index in [1.165, 1.54) is 0 Å². The van der Waals surface area contributed by atoms with Crippen LogP contribution < -0.4 is 15.2 Å². The third kappa shape index (κ3) is 2.33. The maximum absolute atomic E-state index is 5.63. The average molecular weight is 234 g/mol. The number of benzene rings is 1. The summed E-state index contributed by atoms with van der Waals surface area (Å²) in [6.07, 6.45) is 2.27. The van der Waals surface area contributed by atoms with E-state index in [0.717, 1.165) is 11.1 Å². The molecular formula is C12H14N2O3. The van der Waals surface area contributed by atoms with Crippen LogP contribution in [0.3, 0.4) is 0 Å². The van der Waals surface area contributed by atoms with Crippen molar-refractivity contribution in [1.82, 2.24) is 5.16 Å². The van der Waals surface area contributed by atoms with Crippen LogP contribution in [0, 0.1) is 0 Å². The van der Waals surface area contributed by atoms with Crippen molar-refractivity contribution in [3.63, 3.8) is 0 Å². The van der Waals surface area contributed by atoms with Crippen molar-refractivity contribution in [2.75, 3.05) is 20.0 Å². The van der Waals surface area contributed by atoms with Gasteiger partial charge >= 0.3 is 0 Å². The number of rotatable bonds is 4. The van der Waals surface area contributed by atoms with Crippen molar-refractivity contribution >= 4 is 5.88 Å². The summed E-state index contributed by atoms with van der Waals surface area (Å²) in [5, 5.41) is 3.64. The van der Waals surface area contributed by atoms with E-state index in [1.807, 2.05) is 18.2 Å². The Morgan fingerprint density at radius 3 is 2.59 bits per heavy atom. The van der Waals surface area contributed by atoms with Crippen molar-refractivity contribution in [2.45, 2.75) is 6.42 Å². The Labute approximate surface area is 99.1 Å². The number of methoxy groups -OCH3 is 2. The molecule has 0 radical (unpaired) electrons. The first-order chi connectivity index (χ1) is 8.24. The van der Waals surface area contributed by atoms with Gasteiger partial charge in [-0.1, -0.05) is 11.2 Å². The molecule has 5 nitrogen and oxygen atoms in total. The van der Waals surface area contributed by atoms with Crippen molar-refractivity contribution < 1.29 is 14.0 Å². The number of hydrogen-bond donors (Lipinski definition) is 1. The van der Waals surface area contributed by atoms with Crippen LogP contribution in [0.4, 0.5) is 5.88 Å². The minimum Gasteiger partial charge on any atom is -0.493 e. The zero-order chi connectivity index (χ0) is 12.3. The van der Waals surface area contributed by atoms with Crippen molar-refractivity contribution in [2.24, 2.45) is 0 Å². The number of ether oxygens (including phenoxy) is 2. The first-order valence-corrected chi connectivity index (χ1v) is 5.14. The summed E-state index contributed by atoms with van der Waals surface area (Å²) >= 11 is 0. The molecule has 0 amide bonds. The molecule has 0 aliphatic rings. The first-order valence-electron chi connectivity index (χ1n) is 5.14. The molecule has 0 fully saturated rings. The fraction of sp³-hybridized carbons (Fsp3) is 0.250. The van der Waals surface area contributed by atoms with Crippen LogP contribution in [0.25, 0.3) is 0 Å². The van der Waals surface area contributed by atoms with Gasteiger partial charge in [0.1, 0.15) is 0 Å². The predicted molar refractivity (Wildman–Crippen MR) is 63.3 cm³/mol. The minimum absolute atomic E-state index is 0.347. The zero-order valence-electron chi connectivity index (χ0n) is 9.77. The molecule has 0 saturated heterocycles. The molecule has 0 unspecified atom stereocenters. The van der Waals surface area contributed by atoms with E-state index in [9.17, 15) is 0 Å². The Balaban J connectivity index is 2.25. The minimum atomic E-state index is 0.347. The van der Waals surface area contributed by atoms with E-state index in [2.05, 4.69) is 5.16 Å². The highest BCUT2D eigenvalue weighted by atomic mass is 16.5. The number of nitrogen functional groups attached to an aromatic ring is 1. The van der Waals surface area contributed by atoms with E-state index in [1.54, 1.807) is 20.4 Å². The Hall–Kier alpha value is -2.17. The quantitative estimate of drug-likeness (QED) is 0.874. The molecule has 1 heterocycles. The zero-order valence-corrected chi connectivity index (χ0v) is 9.77. The van der Waals surface area contributed by atoms with Gasteiger partial charge in [-0.25, -0.2) is 0 Å². The molecule has 0 saturated carbocycles. The Kier molecular flexibility index (Phi) is 3.18. The van der Waals surface area contributed by atoms with Gasteiger partial charge in [-0.05, 0) is 17.7 Å². The van der Waals surface area contributed by atoms with Crippen LogP contribution in [0.5, 0.6) is 11.5 Å². The molecule has 90 valence electrons. The second-order valence-corrected chi connectivity index (χ2v) is 3.58. The Morgan fingerprint density at radius 1 is 1.24 bits per heavy atom. The molecule has 1 aromatic heterocycles. The van der Waals surface area contributed by atoms with Gasteiger partial charge in [0.05, 0.1) is 20.4 Å². The number of nitrogens with two attached hydrogens (primary N) is 1. The van der Waals surface area contributed by atoms with Gasteiger partial charge in [0.25, 0.3) is 0 Å². The third-order valence-corrected chi connectivity index (χ3v) is 2.52. The molecule has 2 rings (SSSR count). The molecule has 0 atom stereocenters. The summed E-state index contributed by atoms with van der Waals surface area (Å²) in [6.45, 7) is 0. The van der Waals surface area contributed by atoms with Crippen LogP contribution in [-0.4, -0.2) is 19.4 Å². The molecule has 5 heteroatoms. The van der Waals surface area contributed by atoms with E-state index >= 15 is 0 Å². The summed E-state index contributed by atoms with van der Waals surface area (Å²) < 4.78 is 15.2. The number of nitrogens with zero attached hydrogens (tertiary/aromatic N) is 1. The summed E-state index contributed by atoms with van der Waals surface area (Å²) in [5.74, 6) is 1.74. The van der Waals surface area contributed by atoms with Crippen molar-refractivity contribution in [3.8, 4) is 11.5 Å². The number of aromatic nitrogens is 1. The molecule has 17 heavy (non-hydrogen) atoms. The van der Waals surface area contributed by atoms with E-state index in [4.69, 9.17) is 19.7 Å². The van der Waals surface area contributed by atoms with Crippen LogP contribution in [-0.2, 0) is 6.42 Å². The molecule has 0 spiro atoms. The largest absolute Gasteiger partial charge is 0.493 e. The highest BCUT2D eigenvalue weighted by Gasteiger charge is 2.08. The topological polar surface area (TPSA) is 70.5 Å². The van der Waals surface area contributed by atoms with Gasteiger partial charge in [0, 0.05) is 12.0 Å². The summed E-state index contributed by atoms with van der Waals surface area (Å²) in [6, 6.07) is 5.72. The van der Waals surface area contributed by atoms with Gasteiger partial charge in [-0.2, -0.15) is 0 Å². The monoisotopic (exact) mass is 234 g/mol. The Morgan fingerprint density at radius 2 is 2.00 bits per heavy atom. The second-order valence-electron chi connectivity index (χ2n) is 3.58. The molecule has 1 aromatic carbocycles. The molecule has 2 aromatic rings. The lowest BCUT2D eigenvalue weighted by Crippen LogP contribution is -1.95. The summed E-state index contributed by atoms with van der Waals surface area (Å²) in [5.41, 5.74) is 7.54. The van der Waals surface area contributed by atoms with Crippen LogP contribution in [0.2, 0.25) is 0 Å². The highest BCUT2D eigenvalue weighted by molar-refractivity contribution is 5.45. The SMILES string of the molecule is COc1ccc(Cc2cnoc2N)cc1OC. The molecule has 0 aliphatic carbocycles. The van der Waals surface area contributed by atoms with E-state index in [-0.39, 0.29) is 0 Å². The van der Waals surface area contributed by atoms with Gasteiger partial charge in [0.2, 0.25) is 5.88 Å². The van der Waals surface area contributed by atoms with Gasteiger partial charge in [0.15, 0.2) is 11.5 Å². The van der Waals surface area contributed by atoms with Gasteiger partial charge < -0.3 is 19.7 Å². The molecule has 2 N–H and O–H groups in total. The smallest absolute Gasteiger partial charge is 0.225 e. The van der Waals surface area contributed by atoms with Crippen LogP contribution >= 0.6 is 0 Å². The molecular weight excluding hydrogens is 220 g/mol. The highest BCUT2D eigenvalue weighted by Crippen LogP contribution is 2.29. The predicted octanol–water partition coefficient (Wildman–Crippen LogP) is 1.86. The first kappa shape index (κ1) is 11.3. The Bertz CT molecular complexity index is 508. The van der Waals surface area contributed by atoms with Gasteiger partial charge in [-0.15, -0.1) is 0 Å². The normalized spacial score (nSPS) is 10.2. The third-order valence-electron chi connectivity index (χ3n) is 2.52. The fourth-order valence-electron chi connectivity index (χ4n) is 1.61. The van der Waals surface area contributed by atoms with Crippen molar-refractivity contribution in [1.29, 1.82) is 0 Å². The molecule has 0 bridgehead atoms. The number of anilines is 1. The second kappa shape index (κ2) is 4.78. The van der Waals surface area contributed by atoms with Crippen LogP contribution in [0.15, 0.2) is 28.9 Å². The lowest BCUT2D eigenvalue weighted by Gasteiger charge is -2.08. The number of hydrogen-bond acceptors (Lipinski definition) is 5. The summed E-state index contributed by atoms with van der Waals surface area (Å²) in [7, 11) is 3.21. The lowest BCUT2D eigenvalue weighted by molar-refractivity contribution is 0.354. The lowest BCUT2D eigenvalue weighted by atomic mass is 10.1. The standard InChI is InChI=1S/C12H14N2O3/c1-15-10-4-3-8(6-11(10)16-2)5-9-7-14-17-12(9)13/h3-4,6-7H,5,13H2,1-2H3. The van der Waals surface area contributed by atoms with Gasteiger partial charge in [-0.3, -0.25) is 0 Å². The maximum atomic E-state index is 5.63. The summed E-state index contributed by atoms with van der Waals surface area (Å²) in [4.78, 5) is 0. The van der Waals surface area contributed by atoms with Crippen molar-refractivity contribution in [3.05, 3.63) is 35.5 Å². The average Bonchev–Trinajstić information content (AvgIpc) is 2.75. The molecule has 0 aliphatic heterocycles. The maximum Gasteiger partial charge on any atom is 0.225 e. The van der Waals surface area contributed by atoms with E-state index in [0.29, 0.717) is 23.8 Å². The van der Waals surface area contributed by atoms with Crippen LogP contribution in [0.1, 0.15) is 11.1 Å². The van der Waals surface area contributed by atoms with E-state index < -0.39 is 0 Å². The fourth-order valence-corrected chi connectivity index (χ4v) is 1.61.